The molecule has 0 amide bonds. The number of halogens is 2. The molecule has 5 heteroatoms. The predicted octanol–water partition coefficient (Wildman–Crippen LogP) is 2.37. The Kier molecular flexibility index (Phi) is 2.10. The summed E-state index contributed by atoms with van der Waals surface area (Å²) in [4.78, 5) is 3.87. The van der Waals surface area contributed by atoms with Gasteiger partial charge in [-0.05, 0) is 28.1 Å². The minimum atomic E-state index is -0.328. The number of rotatable bonds is 1. The molecule has 0 spiro atoms. The largest absolute Gasteiger partial charge is 0.259 e. The molecule has 0 atom stereocenters. The highest BCUT2D eigenvalue weighted by atomic mass is 79.9. The summed E-state index contributed by atoms with van der Waals surface area (Å²) in [6.45, 7) is 0. The van der Waals surface area contributed by atoms with Gasteiger partial charge in [-0.25, -0.2) is 9.37 Å². The fourth-order valence-corrected chi connectivity index (χ4v) is 1.58. The van der Waals surface area contributed by atoms with Crippen molar-refractivity contribution in [3.8, 4) is 11.4 Å². The van der Waals surface area contributed by atoms with Gasteiger partial charge >= 0.3 is 0 Å². The van der Waals surface area contributed by atoms with Gasteiger partial charge in [0.25, 0.3) is 0 Å². The second-order valence-electron chi connectivity index (χ2n) is 2.43. The smallest absolute Gasteiger partial charge is 0.159 e. The van der Waals surface area contributed by atoms with Crippen molar-refractivity contribution in [3.63, 3.8) is 0 Å². The topological polar surface area (TPSA) is 41.6 Å². The first kappa shape index (κ1) is 8.37. The van der Waals surface area contributed by atoms with E-state index in [9.17, 15) is 4.39 Å². The van der Waals surface area contributed by atoms with E-state index in [0.717, 1.165) is 0 Å². The van der Waals surface area contributed by atoms with Gasteiger partial charge in [0, 0.05) is 4.47 Å². The second-order valence-corrected chi connectivity index (χ2v) is 3.29. The van der Waals surface area contributed by atoms with Gasteiger partial charge < -0.3 is 0 Å². The van der Waals surface area contributed by atoms with Gasteiger partial charge in [-0.3, -0.25) is 5.10 Å². The van der Waals surface area contributed by atoms with Gasteiger partial charge in [-0.2, -0.15) is 5.10 Å². The van der Waals surface area contributed by atoms with Crippen LogP contribution in [0.15, 0.2) is 29.0 Å². The Bertz CT molecular complexity index is 393. The number of nitrogens with zero attached hydrogens (tertiary/aromatic N) is 2. The Labute approximate surface area is 82.1 Å². The lowest BCUT2D eigenvalue weighted by molar-refractivity contribution is 0.629. The van der Waals surface area contributed by atoms with E-state index in [0.29, 0.717) is 15.9 Å². The monoisotopic (exact) mass is 241 g/mol. The van der Waals surface area contributed by atoms with E-state index in [4.69, 9.17) is 0 Å². The van der Waals surface area contributed by atoms with Gasteiger partial charge in [0.15, 0.2) is 5.82 Å². The summed E-state index contributed by atoms with van der Waals surface area (Å²) in [7, 11) is 0. The Hall–Kier alpha value is -1.23. The first-order valence-corrected chi connectivity index (χ1v) is 4.38. The van der Waals surface area contributed by atoms with Crippen LogP contribution in [0.2, 0.25) is 0 Å². The highest BCUT2D eigenvalue weighted by molar-refractivity contribution is 9.10. The summed E-state index contributed by atoms with van der Waals surface area (Å²) in [6, 6.07) is 4.75. The molecule has 0 fully saturated rings. The van der Waals surface area contributed by atoms with Crippen molar-refractivity contribution in [1.29, 1.82) is 0 Å². The highest BCUT2D eigenvalue weighted by Crippen LogP contribution is 2.27. The second kappa shape index (κ2) is 3.26. The van der Waals surface area contributed by atoms with Crippen LogP contribution in [0.4, 0.5) is 4.39 Å². The molecule has 0 saturated carbocycles. The van der Waals surface area contributed by atoms with Crippen molar-refractivity contribution < 1.29 is 4.39 Å². The van der Waals surface area contributed by atoms with E-state index >= 15 is 0 Å². The molecular weight excluding hydrogens is 237 g/mol. The van der Waals surface area contributed by atoms with Gasteiger partial charge in [-0.15, -0.1) is 0 Å². The van der Waals surface area contributed by atoms with Crippen LogP contribution in [0.5, 0.6) is 0 Å². The van der Waals surface area contributed by atoms with Crippen molar-refractivity contribution in [2.75, 3.05) is 0 Å². The predicted molar refractivity (Wildman–Crippen MR) is 49.5 cm³/mol. The van der Waals surface area contributed by atoms with Crippen LogP contribution in [-0.2, 0) is 0 Å². The number of nitrogens with one attached hydrogen (secondary N) is 1. The van der Waals surface area contributed by atoms with E-state index in [1.165, 1.54) is 12.4 Å². The van der Waals surface area contributed by atoms with E-state index in [1.54, 1.807) is 12.1 Å². The van der Waals surface area contributed by atoms with Crippen molar-refractivity contribution >= 4 is 15.9 Å². The van der Waals surface area contributed by atoms with E-state index in [1.807, 2.05) is 0 Å². The summed E-state index contributed by atoms with van der Waals surface area (Å²) in [5, 5.41) is 6.26. The molecule has 1 aromatic heterocycles. The standard InChI is InChI=1S/C8H5BrFN3/c9-5-2-1-3-6(10)7(5)8-11-4-12-13-8/h1-4H,(H,11,12,13). The summed E-state index contributed by atoms with van der Waals surface area (Å²) in [6.07, 6.45) is 1.34. The Balaban J connectivity index is 2.64. The minimum absolute atomic E-state index is 0.328. The first-order chi connectivity index (χ1) is 6.29. The first-order valence-electron chi connectivity index (χ1n) is 3.59. The molecule has 0 bridgehead atoms. The van der Waals surface area contributed by atoms with Gasteiger partial charge in [0.05, 0.1) is 5.56 Å². The Morgan fingerprint density at radius 2 is 2.23 bits per heavy atom. The van der Waals surface area contributed by atoms with Crippen molar-refractivity contribution in [2.24, 2.45) is 0 Å². The average molecular weight is 242 g/mol. The fraction of sp³-hybridized carbons (Fsp3) is 0. The lowest BCUT2D eigenvalue weighted by atomic mass is 10.2. The van der Waals surface area contributed by atoms with E-state index in [2.05, 4.69) is 31.1 Å². The molecule has 0 radical (unpaired) electrons. The number of H-pyrrole nitrogens is 1. The molecule has 3 nitrogen and oxygen atoms in total. The molecule has 0 saturated heterocycles. The lowest BCUT2D eigenvalue weighted by Gasteiger charge is -2.00. The van der Waals surface area contributed by atoms with E-state index in [-0.39, 0.29) is 5.82 Å². The summed E-state index contributed by atoms with van der Waals surface area (Å²) >= 11 is 3.24. The third-order valence-corrected chi connectivity index (χ3v) is 2.28. The summed E-state index contributed by atoms with van der Waals surface area (Å²) in [5.74, 6) is 0.0936. The molecule has 13 heavy (non-hydrogen) atoms. The molecule has 0 aliphatic rings. The molecule has 0 aliphatic carbocycles. The molecule has 66 valence electrons. The van der Waals surface area contributed by atoms with Gasteiger partial charge in [0.2, 0.25) is 0 Å². The van der Waals surface area contributed by atoms with Crippen LogP contribution in [0.3, 0.4) is 0 Å². The zero-order valence-electron chi connectivity index (χ0n) is 6.46. The SMILES string of the molecule is Fc1cccc(Br)c1-c1ncn[nH]1. The van der Waals surface area contributed by atoms with Crippen LogP contribution in [0, 0.1) is 5.82 Å². The van der Waals surface area contributed by atoms with Gasteiger partial charge in [0.1, 0.15) is 12.1 Å². The molecule has 1 aromatic carbocycles. The summed E-state index contributed by atoms with van der Waals surface area (Å²) in [5.41, 5.74) is 0.403. The van der Waals surface area contributed by atoms with Crippen LogP contribution in [0.25, 0.3) is 11.4 Å². The minimum Gasteiger partial charge on any atom is -0.259 e. The molecule has 0 unspecified atom stereocenters. The molecule has 1 N–H and O–H groups in total. The maximum atomic E-state index is 13.3. The van der Waals surface area contributed by atoms with Crippen LogP contribution >= 0.6 is 15.9 Å². The van der Waals surface area contributed by atoms with Crippen LogP contribution in [0.1, 0.15) is 0 Å². The maximum Gasteiger partial charge on any atom is 0.159 e. The third kappa shape index (κ3) is 1.47. The number of aromatic amines is 1. The highest BCUT2D eigenvalue weighted by Gasteiger charge is 2.10. The van der Waals surface area contributed by atoms with E-state index < -0.39 is 0 Å². The molecule has 0 aliphatic heterocycles. The zero-order valence-corrected chi connectivity index (χ0v) is 8.05. The van der Waals surface area contributed by atoms with Crippen LogP contribution in [-0.4, -0.2) is 15.2 Å². The van der Waals surface area contributed by atoms with Crippen molar-refractivity contribution in [1.82, 2.24) is 15.2 Å². The zero-order chi connectivity index (χ0) is 9.26. The maximum absolute atomic E-state index is 13.3. The molecular formula is C8H5BrFN3. The number of aromatic nitrogens is 3. The number of hydrogen-bond acceptors (Lipinski definition) is 2. The Morgan fingerprint density at radius 1 is 1.38 bits per heavy atom. The lowest BCUT2D eigenvalue weighted by Crippen LogP contribution is -1.87. The number of benzene rings is 1. The summed E-state index contributed by atoms with van der Waals surface area (Å²) < 4.78 is 14.0. The van der Waals surface area contributed by atoms with Crippen LogP contribution < -0.4 is 0 Å². The third-order valence-electron chi connectivity index (χ3n) is 1.61. The quantitative estimate of drug-likeness (QED) is 0.833. The van der Waals surface area contributed by atoms with Gasteiger partial charge in [-0.1, -0.05) is 6.07 Å². The fourth-order valence-electron chi connectivity index (χ4n) is 1.05. The Morgan fingerprint density at radius 3 is 2.85 bits per heavy atom. The molecule has 1 heterocycles. The molecule has 2 aromatic rings. The molecule has 2 rings (SSSR count). The van der Waals surface area contributed by atoms with Crippen molar-refractivity contribution in [3.05, 3.63) is 34.8 Å². The number of hydrogen-bond donors (Lipinski definition) is 1. The normalized spacial score (nSPS) is 10.3. The average Bonchev–Trinajstić information content (AvgIpc) is 2.57. The van der Waals surface area contributed by atoms with Crippen molar-refractivity contribution in [2.45, 2.75) is 0 Å².